The Morgan fingerprint density at radius 1 is 1.16 bits per heavy atom. The number of methoxy groups -OCH3 is 1. The van der Waals surface area contributed by atoms with Crippen molar-refractivity contribution in [3.05, 3.63) is 35.0 Å². The average molecular weight is 535 g/mol. The molecule has 0 aliphatic carbocycles. The number of unbranched alkanes of at least 4 members (excludes halogenated alkanes) is 1. The number of aryl methyl sites for hydroxylation is 2. The van der Waals surface area contributed by atoms with Crippen molar-refractivity contribution in [3.8, 4) is 0 Å². The molecule has 0 aliphatic heterocycles. The van der Waals surface area contributed by atoms with Gasteiger partial charge in [0.1, 0.15) is 17.5 Å². The zero-order valence-corrected chi connectivity index (χ0v) is 26.4. The second-order valence-electron chi connectivity index (χ2n) is 10.8. The van der Waals surface area contributed by atoms with Crippen molar-refractivity contribution in [2.75, 3.05) is 45.7 Å². The van der Waals surface area contributed by atoms with E-state index in [9.17, 15) is 4.79 Å². The minimum absolute atomic E-state index is 0.130. The van der Waals surface area contributed by atoms with Crippen LogP contribution in [-0.4, -0.2) is 73.9 Å². The quantitative estimate of drug-likeness (QED) is 0.144. The Morgan fingerprint density at radius 3 is 2.39 bits per heavy atom. The van der Waals surface area contributed by atoms with Gasteiger partial charge in [0.2, 0.25) is 0 Å². The van der Waals surface area contributed by atoms with E-state index in [0.29, 0.717) is 13.0 Å². The second kappa shape index (κ2) is 20.0. The summed E-state index contributed by atoms with van der Waals surface area (Å²) in [5, 5.41) is 6.60. The first-order chi connectivity index (χ1) is 18.0. The van der Waals surface area contributed by atoms with Gasteiger partial charge >= 0.3 is 5.97 Å². The predicted molar refractivity (Wildman–Crippen MR) is 162 cm³/mol. The molecule has 7 nitrogen and oxygen atoms in total. The summed E-state index contributed by atoms with van der Waals surface area (Å²) in [6.07, 6.45) is 6.97. The van der Waals surface area contributed by atoms with E-state index >= 15 is 0 Å². The first-order valence-corrected chi connectivity index (χ1v) is 14.5. The van der Waals surface area contributed by atoms with Crippen LogP contribution in [0.3, 0.4) is 0 Å². The Labute approximate surface area is 234 Å². The molecule has 7 heteroatoms. The van der Waals surface area contributed by atoms with Crippen LogP contribution in [0.2, 0.25) is 0 Å². The summed E-state index contributed by atoms with van der Waals surface area (Å²) in [5.41, 5.74) is 3.09. The van der Waals surface area contributed by atoms with Crippen LogP contribution in [0.25, 0.3) is 0 Å². The number of ether oxygens (including phenoxy) is 2. The second-order valence-corrected chi connectivity index (χ2v) is 10.8. The number of hydrogen-bond donors (Lipinski definition) is 2. The van der Waals surface area contributed by atoms with Gasteiger partial charge in [0.25, 0.3) is 0 Å². The Hall–Kier alpha value is -1.96. The highest BCUT2D eigenvalue weighted by atomic mass is 16.6. The highest BCUT2D eigenvalue weighted by molar-refractivity contribution is 5.76. The maximum Gasteiger partial charge on any atom is 0.323 e. The average Bonchev–Trinajstić information content (AvgIpc) is 2.87. The number of aromatic nitrogens is 1. The molecule has 0 aromatic carbocycles. The molecular weight excluding hydrogens is 476 g/mol. The summed E-state index contributed by atoms with van der Waals surface area (Å²) in [5.74, 6) is 0.797. The third kappa shape index (κ3) is 16.1. The maximum absolute atomic E-state index is 12.9. The molecule has 220 valence electrons. The normalized spacial score (nSPS) is 12.8. The van der Waals surface area contributed by atoms with Crippen LogP contribution in [0.15, 0.2) is 23.8 Å². The predicted octanol–water partition coefficient (Wildman–Crippen LogP) is 6.03. The molecule has 1 rings (SSSR count). The zero-order chi connectivity index (χ0) is 29.1. The highest BCUT2D eigenvalue weighted by Gasteiger charge is 2.25. The lowest BCUT2D eigenvalue weighted by Crippen LogP contribution is -2.44. The van der Waals surface area contributed by atoms with Crippen molar-refractivity contribution >= 4 is 11.8 Å². The van der Waals surface area contributed by atoms with Crippen LogP contribution in [-0.2, 0) is 27.1 Å². The first kappa shape index (κ1) is 36.0. The third-order valence-electron chi connectivity index (χ3n) is 6.03. The van der Waals surface area contributed by atoms with Gasteiger partial charge < -0.3 is 25.0 Å². The monoisotopic (exact) mass is 534 g/mol. The summed E-state index contributed by atoms with van der Waals surface area (Å²) in [6, 6.07) is 3.98. The highest BCUT2D eigenvalue weighted by Crippen LogP contribution is 2.16. The van der Waals surface area contributed by atoms with Crippen molar-refractivity contribution < 1.29 is 14.3 Å². The van der Waals surface area contributed by atoms with Crippen molar-refractivity contribution in [2.45, 2.75) is 112 Å². The summed E-state index contributed by atoms with van der Waals surface area (Å²) >= 11 is 0. The number of anilines is 1. The molecule has 0 saturated heterocycles. The Morgan fingerprint density at radius 2 is 1.84 bits per heavy atom. The lowest BCUT2D eigenvalue weighted by molar-refractivity contribution is -0.157. The number of nitrogens with one attached hydrogen (secondary N) is 2. The number of carbonyl (C=O) groups excluding carboxylic acids is 1. The van der Waals surface area contributed by atoms with E-state index in [4.69, 9.17) is 14.5 Å². The van der Waals surface area contributed by atoms with E-state index in [2.05, 4.69) is 61.4 Å². The van der Waals surface area contributed by atoms with Crippen molar-refractivity contribution in [3.63, 3.8) is 0 Å². The number of esters is 1. The molecule has 0 aliphatic rings. The Kier molecular flexibility index (Phi) is 19.0. The molecule has 0 amide bonds. The fourth-order valence-corrected chi connectivity index (χ4v) is 3.94. The molecule has 1 unspecified atom stereocenters. The van der Waals surface area contributed by atoms with E-state index in [1.165, 1.54) is 11.1 Å². The summed E-state index contributed by atoms with van der Waals surface area (Å²) < 4.78 is 11.2. The van der Waals surface area contributed by atoms with E-state index < -0.39 is 5.60 Å². The largest absolute Gasteiger partial charge is 0.459 e. The molecule has 38 heavy (non-hydrogen) atoms. The molecule has 2 atom stereocenters. The zero-order valence-electron chi connectivity index (χ0n) is 26.4. The van der Waals surface area contributed by atoms with Gasteiger partial charge in [-0.25, -0.2) is 4.98 Å². The van der Waals surface area contributed by atoms with Crippen molar-refractivity contribution in [2.24, 2.45) is 0 Å². The molecule has 0 radical (unpaired) electrons. The van der Waals surface area contributed by atoms with Gasteiger partial charge in [-0.2, -0.15) is 0 Å². The third-order valence-corrected chi connectivity index (χ3v) is 6.03. The maximum atomic E-state index is 12.9. The number of carbonyl (C=O) groups is 1. The van der Waals surface area contributed by atoms with Gasteiger partial charge in [-0.3, -0.25) is 4.79 Å². The van der Waals surface area contributed by atoms with Crippen LogP contribution in [0, 0.1) is 0 Å². The molecule has 1 heterocycles. The minimum Gasteiger partial charge on any atom is -0.459 e. The van der Waals surface area contributed by atoms with E-state index in [0.717, 1.165) is 56.8 Å². The standard InChI is InChI=1S/C29H52N4O3.C2H6/c1-10-24-14-15-25(32-27(24)30-8)13-11-12-19-33(21-23(4)35-9)20-17-26(31-18-16-22(2)3)28(34)36-29(5,6)7;1-2/h14-16,23,26,31H,10-13,17-21H2,1-9H3,(H,30,32);1-2H3/t23-,26?;/m1./s1. The van der Waals surface area contributed by atoms with E-state index in [1.807, 2.05) is 41.7 Å². The van der Waals surface area contributed by atoms with Crippen LogP contribution < -0.4 is 10.6 Å². The van der Waals surface area contributed by atoms with Crippen molar-refractivity contribution in [1.29, 1.82) is 0 Å². The number of nitrogens with zero attached hydrogens (tertiary/aromatic N) is 2. The smallest absolute Gasteiger partial charge is 0.323 e. The van der Waals surface area contributed by atoms with E-state index in [-0.39, 0.29) is 18.1 Å². The van der Waals surface area contributed by atoms with Gasteiger partial charge in [0.15, 0.2) is 0 Å². The van der Waals surface area contributed by atoms with Crippen LogP contribution in [0.1, 0.15) is 92.8 Å². The Balaban J connectivity index is 0.00000667. The lowest BCUT2D eigenvalue weighted by atomic mass is 10.1. The molecule has 1 aromatic heterocycles. The van der Waals surface area contributed by atoms with Gasteiger partial charge in [-0.05, 0) is 91.8 Å². The van der Waals surface area contributed by atoms with Gasteiger partial charge in [0, 0.05) is 39.5 Å². The van der Waals surface area contributed by atoms with Crippen LogP contribution in [0.4, 0.5) is 5.82 Å². The fourth-order valence-electron chi connectivity index (χ4n) is 3.94. The first-order valence-electron chi connectivity index (χ1n) is 14.5. The van der Waals surface area contributed by atoms with Crippen LogP contribution >= 0.6 is 0 Å². The molecule has 0 fully saturated rings. The van der Waals surface area contributed by atoms with Crippen molar-refractivity contribution in [1.82, 2.24) is 15.2 Å². The number of hydrogen-bond acceptors (Lipinski definition) is 7. The molecular formula is C31H58N4O3. The number of pyridine rings is 1. The fraction of sp³-hybridized carbons (Fsp3) is 0.742. The summed E-state index contributed by atoms with van der Waals surface area (Å²) in [6.45, 7) is 21.3. The molecule has 2 N–H and O–H groups in total. The number of rotatable bonds is 17. The Bertz CT molecular complexity index is 801. The molecule has 0 bridgehead atoms. The minimum atomic E-state index is -0.506. The molecule has 0 spiro atoms. The molecule has 1 aromatic rings. The SMILES string of the molecule is CC.CCc1ccc(CCCCN(CCC(NCC=C(C)C)C(=O)OC(C)(C)C)C[C@@H](C)OC)nc1NC. The van der Waals surface area contributed by atoms with Gasteiger partial charge in [0.05, 0.1) is 6.10 Å². The number of allylic oxidation sites excluding steroid dienone is 1. The lowest BCUT2D eigenvalue weighted by Gasteiger charge is -2.28. The van der Waals surface area contributed by atoms with E-state index in [1.54, 1.807) is 7.11 Å². The molecule has 0 saturated carbocycles. The summed E-state index contributed by atoms with van der Waals surface area (Å²) in [4.78, 5) is 20.1. The topological polar surface area (TPSA) is 75.7 Å². The van der Waals surface area contributed by atoms with Gasteiger partial charge in [-0.1, -0.05) is 38.5 Å². The summed E-state index contributed by atoms with van der Waals surface area (Å²) in [7, 11) is 3.68. The van der Waals surface area contributed by atoms with Crippen LogP contribution in [0.5, 0.6) is 0 Å². The van der Waals surface area contributed by atoms with Gasteiger partial charge in [-0.15, -0.1) is 0 Å².